The van der Waals surface area contributed by atoms with E-state index in [0.717, 1.165) is 0 Å². The van der Waals surface area contributed by atoms with Gasteiger partial charge in [0.2, 0.25) is 5.91 Å². The number of carbonyl (C=O) groups is 2. The zero-order valence-corrected chi connectivity index (χ0v) is 8.13. The van der Waals surface area contributed by atoms with Crippen molar-refractivity contribution in [2.24, 2.45) is 5.92 Å². The van der Waals surface area contributed by atoms with Crippen molar-refractivity contribution in [3.63, 3.8) is 0 Å². The molecule has 0 aromatic heterocycles. The number of nitrogens with one attached hydrogen (secondary N) is 1. The number of hydrogen-bond donors (Lipinski definition) is 2. The van der Waals surface area contributed by atoms with Crippen molar-refractivity contribution >= 4 is 11.9 Å². The van der Waals surface area contributed by atoms with Crippen LogP contribution in [0.5, 0.6) is 0 Å². The lowest BCUT2D eigenvalue weighted by Gasteiger charge is -2.07. The lowest BCUT2D eigenvalue weighted by molar-refractivity contribution is -0.141. The molecule has 1 atom stereocenters. The van der Waals surface area contributed by atoms with Crippen LogP contribution in [0.15, 0.2) is 11.6 Å². The molecular weight excluding hydrogens is 170 g/mol. The molecule has 13 heavy (non-hydrogen) atoms. The number of amides is 1. The number of carboxylic acids is 1. The van der Waals surface area contributed by atoms with Gasteiger partial charge < -0.3 is 10.4 Å². The van der Waals surface area contributed by atoms with Gasteiger partial charge in [0.05, 0.1) is 5.92 Å². The van der Waals surface area contributed by atoms with Crippen molar-refractivity contribution in [3.8, 4) is 0 Å². The van der Waals surface area contributed by atoms with E-state index in [1.165, 1.54) is 0 Å². The van der Waals surface area contributed by atoms with Gasteiger partial charge in [0.15, 0.2) is 0 Å². The van der Waals surface area contributed by atoms with E-state index in [-0.39, 0.29) is 12.5 Å². The van der Waals surface area contributed by atoms with Crippen molar-refractivity contribution in [2.45, 2.75) is 20.8 Å². The summed E-state index contributed by atoms with van der Waals surface area (Å²) in [5.41, 5.74) is 0.595. The number of carboxylic acid groups (broad SMARTS) is 1. The molecule has 2 N–H and O–H groups in total. The van der Waals surface area contributed by atoms with Gasteiger partial charge in [-0.1, -0.05) is 13.0 Å². The SMILES string of the molecule is C/C=C(/C)C(=O)NCC(C)C(=O)O. The van der Waals surface area contributed by atoms with Crippen LogP contribution in [0.1, 0.15) is 20.8 Å². The van der Waals surface area contributed by atoms with E-state index in [1.54, 1.807) is 26.8 Å². The lowest BCUT2D eigenvalue weighted by Crippen LogP contribution is -2.31. The Labute approximate surface area is 77.6 Å². The first kappa shape index (κ1) is 11.7. The number of allylic oxidation sites excluding steroid dienone is 1. The van der Waals surface area contributed by atoms with Gasteiger partial charge >= 0.3 is 5.97 Å². The summed E-state index contributed by atoms with van der Waals surface area (Å²) < 4.78 is 0. The second-order valence-electron chi connectivity index (χ2n) is 2.92. The van der Waals surface area contributed by atoms with E-state index in [4.69, 9.17) is 5.11 Å². The van der Waals surface area contributed by atoms with Crippen LogP contribution < -0.4 is 5.32 Å². The molecular formula is C9H15NO3. The fourth-order valence-electron chi connectivity index (χ4n) is 0.604. The molecule has 0 aliphatic rings. The van der Waals surface area contributed by atoms with Crippen LogP contribution in [0.2, 0.25) is 0 Å². The van der Waals surface area contributed by atoms with Crippen LogP contribution in [0.25, 0.3) is 0 Å². The monoisotopic (exact) mass is 185 g/mol. The summed E-state index contributed by atoms with van der Waals surface area (Å²) in [6, 6.07) is 0. The Morgan fingerprint density at radius 2 is 2.08 bits per heavy atom. The molecule has 4 heteroatoms. The largest absolute Gasteiger partial charge is 0.481 e. The fourth-order valence-corrected chi connectivity index (χ4v) is 0.604. The second-order valence-corrected chi connectivity index (χ2v) is 2.92. The van der Waals surface area contributed by atoms with Crippen LogP contribution in [0.4, 0.5) is 0 Å². The van der Waals surface area contributed by atoms with E-state index in [1.807, 2.05) is 0 Å². The van der Waals surface area contributed by atoms with Crippen molar-refractivity contribution in [3.05, 3.63) is 11.6 Å². The normalized spacial score (nSPS) is 13.6. The summed E-state index contributed by atoms with van der Waals surface area (Å²) >= 11 is 0. The minimum absolute atomic E-state index is 0.166. The molecule has 0 saturated heterocycles. The van der Waals surface area contributed by atoms with Crippen LogP contribution in [0, 0.1) is 5.92 Å². The summed E-state index contributed by atoms with van der Waals surface area (Å²) in [5.74, 6) is -1.66. The van der Waals surface area contributed by atoms with Crippen molar-refractivity contribution < 1.29 is 14.7 Å². The number of aliphatic carboxylic acids is 1. The summed E-state index contributed by atoms with van der Waals surface area (Å²) in [4.78, 5) is 21.5. The first-order valence-corrected chi connectivity index (χ1v) is 4.13. The van der Waals surface area contributed by atoms with Crippen LogP contribution in [-0.2, 0) is 9.59 Å². The number of carbonyl (C=O) groups excluding carboxylic acids is 1. The topological polar surface area (TPSA) is 66.4 Å². The standard InChI is InChI=1S/C9H15NO3/c1-4-6(2)8(11)10-5-7(3)9(12)13/h4,7H,5H2,1-3H3,(H,10,11)(H,12,13)/b6-4-. The molecule has 0 aromatic carbocycles. The van der Waals surface area contributed by atoms with Gasteiger partial charge in [-0.05, 0) is 13.8 Å². The summed E-state index contributed by atoms with van der Waals surface area (Å²) in [6.07, 6.45) is 1.68. The summed E-state index contributed by atoms with van der Waals surface area (Å²) in [6.45, 7) is 5.16. The number of rotatable bonds is 4. The maximum Gasteiger partial charge on any atom is 0.308 e. The first-order valence-electron chi connectivity index (χ1n) is 4.13. The lowest BCUT2D eigenvalue weighted by atomic mass is 10.2. The Balaban J connectivity index is 3.90. The first-order chi connectivity index (χ1) is 5.99. The van der Waals surface area contributed by atoms with Gasteiger partial charge in [-0.3, -0.25) is 9.59 Å². The Bertz CT molecular complexity index is 233. The average molecular weight is 185 g/mol. The van der Waals surface area contributed by atoms with Gasteiger partial charge in [-0.2, -0.15) is 0 Å². The van der Waals surface area contributed by atoms with E-state index in [2.05, 4.69) is 5.32 Å². The molecule has 0 aliphatic carbocycles. The smallest absolute Gasteiger partial charge is 0.308 e. The zero-order chi connectivity index (χ0) is 10.4. The fraction of sp³-hybridized carbons (Fsp3) is 0.556. The summed E-state index contributed by atoms with van der Waals surface area (Å²) in [5, 5.41) is 11.1. The third-order valence-corrected chi connectivity index (χ3v) is 1.78. The third-order valence-electron chi connectivity index (χ3n) is 1.78. The van der Waals surface area contributed by atoms with Crippen molar-refractivity contribution in [2.75, 3.05) is 6.54 Å². The maximum atomic E-state index is 11.1. The molecule has 0 rings (SSSR count). The van der Waals surface area contributed by atoms with Gasteiger partial charge in [0, 0.05) is 12.1 Å². The Morgan fingerprint density at radius 1 is 1.54 bits per heavy atom. The Hall–Kier alpha value is -1.32. The molecule has 0 radical (unpaired) electrons. The molecule has 0 bridgehead atoms. The highest BCUT2D eigenvalue weighted by Gasteiger charge is 2.12. The molecule has 0 spiro atoms. The Morgan fingerprint density at radius 3 is 2.46 bits per heavy atom. The quantitative estimate of drug-likeness (QED) is 0.636. The molecule has 0 heterocycles. The predicted molar refractivity (Wildman–Crippen MR) is 49.2 cm³/mol. The van der Waals surface area contributed by atoms with E-state index in [0.29, 0.717) is 5.57 Å². The minimum Gasteiger partial charge on any atom is -0.481 e. The molecule has 0 saturated carbocycles. The molecule has 0 aromatic rings. The molecule has 0 fully saturated rings. The molecule has 1 amide bonds. The van der Waals surface area contributed by atoms with Gasteiger partial charge in [0.1, 0.15) is 0 Å². The van der Waals surface area contributed by atoms with Crippen LogP contribution >= 0.6 is 0 Å². The van der Waals surface area contributed by atoms with Gasteiger partial charge in [0.25, 0.3) is 0 Å². The molecule has 74 valence electrons. The number of hydrogen-bond acceptors (Lipinski definition) is 2. The van der Waals surface area contributed by atoms with Crippen LogP contribution in [0.3, 0.4) is 0 Å². The third kappa shape index (κ3) is 4.30. The molecule has 4 nitrogen and oxygen atoms in total. The highest BCUT2D eigenvalue weighted by Crippen LogP contribution is 1.95. The average Bonchev–Trinajstić information content (AvgIpc) is 2.11. The Kier molecular flexibility index (Phi) is 4.80. The van der Waals surface area contributed by atoms with Crippen LogP contribution in [-0.4, -0.2) is 23.5 Å². The summed E-state index contributed by atoms with van der Waals surface area (Å²) in [7, 11) is 0. The molecule has 1 unspecified atom stereocenters. The minimum atomic E-state index is -0.904. The van der Waals surface area contributed by atoms with E-state index >= 15 is 0 Å². The van der Waals surface area contributed by atoms with E-state index in [9.17, 15) is 9.59 Å². The highest BCUT2D eigenvalue weighted by molar-refractivity contribution is 5.92. The second kappa shape index (κ2) is 5.35. The van der Waals surface area contributed by atoms with Gasteiger partial charge in [-0.15, -0.1) is 0 Å². The van der Waals surface area contributed by atoms with E-state index < -0.39 is 11.9 Å². The molecule has 0 aliphatic heterocycles. The maximum absolute atomic E-state index is 11.1. The van der Waals surface area contributed by atoms with Gasteiger partial charge in [-0.25, -0.2) is 0 Å². The highest BCUT2D eigenvalue weighted by atomic mass is 16.4. The zero-order valence-electron chi connectivity index (χ0n) is 8.13. The predicted octanol–water partition coefficient (Wildman–Crippen LogP) is 0.790. The van der Waals surface area contributed by atoms with Crippen molar-refractivity contribution in [1.29, 1.82) is 0 Å². The van der Waals surface area contributed by atoms with Crippen molar-refractivity contribution in [1.82, 2.24) is 5.32 Å².